The van der Waals surface area contributed by atoms with Gasteiger partial charge in [0.1, 0.15) is 5.75 Å². The van der Waals surface area contributed by atoms with Crippen molar-refractivity contribution >= 4 is 27.8 Å². The second-order valence-electron chi connectivity index (χ2n) is 6.88. The number of anilines is 1. The van der Waals surface area contributed by atoms with E-state index >= 15 is 0 Å². The fourth-order valence-corrected chi connectivity index (χ4v) is 4.87. The average molecular weight is 459 g/mol. The number of hydrogen-bond acceptors (Lipinski definition) is 3. The summed E-state index contributed by atoms with van der Waals surface area (Å²) >= 11 is -0.804. The molecule has 0 aliphatic heterocycles. The van der Waals surface area contributed by atoms with Gasteiger partial charge in [-0.15, -0.1) is 0 Å². The third kappa shape index (κ3) is 6.09. The molecule has 1 aliphatic carbocycles. The van der Waals surface area contributed by atoms with Crippen LogP contribution in [-0.4, -0.2) is 33.4 Å². The van der Waals surface area contributed by atoms with Gasteiger partial charge >= 0.3 is 40.9 Å². The Bertz CT molecular complexity index is 620. The van der Waals surface area contributed by atoms with Crippen molar-refractivity contribution in [2.24, 2.45) is 0 Å². The van der Waals surface area contributed by atoms with Gasteiger partial charge in [0.25, 0.3) is 0 Å². The second kappa shape index (κ2) is 10.7. The normalized spacial score (nSPS) is 13.6. The molecule has 0 aromatic heterocycles. The number of benzene rings is 1. The van der Waals surface area contributed by atoms with E-state index in [0.29, 0.717) is 5.75 Å². The zero-order chi connectivity index (χ0) is 19.0. The summed E-state index contributed by atoms with van der Waals surface area (Å²) < 4.78 is 4.48. The van der Waals surface area contributed by atoms with Crippen molar-refractivity contribution in [3.63, 3.8) is 0 Å². The van der Waals surface area contributed by atoms with E-state index in [9.17, 15) is 5.11 Å². The molecule has 0 saturated carbocycles. The van der Waals surface area contributed by atoms with Crippen molar-refractivity contribution in [1.29, 1.82) is 0 Å². The number of hydrogen-bond donors (Lipinski definition) is 1. The first kappa shape index (κ1) is 22.7. The van der Waals surface area contributed by atoms with E-state index in [0.717, 1.165) is 25.2 Å². The molecule has 6 heteroatoms. The first-order chi connectivity index (χ1) is 11.8. The molecule has 0 unspecified atom stereocenters. The molecule has 25 heavy (non-hydrogen) atoms. The topological polar surface area (TPSA) is 32.7 Å². The standard InChI is InChI=1S/C18H27NOSi.CH3O.ClH.Zr/c1-6-19(7-2)18-15(11-8-12-16(18)20)14-10-9-13-17(14)21(3,4)5;1-2;;/h8-9,11-13,20H,6-7,10H2,1-5H3;1H3;1H;/q;-1;;+2/p-1. The van der Waals surface area contributed by atoms with E-state index in [1.54, 1.807) is 13.2 Å². The summed E-state index contributed by atoms with van der Waals surface area (Å²) in [5.74, 6) is 0.394. The molecule has 2 rings (SSSR count). The predicted molar refractivity (Wildman–Crippen MR) is 109 cm³/mol. The van der Waals surface area contributed by atoms with Gasteiger partial charge in [0, 0.05) is 18.7 Å². The molecule has 1 N–H and O–H groups in total. The molecule has 138 valence electrons. The predicted octanol–water partition coefficient (Wildman–Crippen LogP) is 5.61. The molecular weight excluding hydrogens is 429 g/mol. The van der Waals surface area contributed by atoms with Crippen molar-refractivity contribution in [2.45, 2.75) is 39.9 Å². The summed E-state index contributed by atoms with van der Waals surface area (Å²) in [5, 5.41) is 11.9. The van der Waals surface area contributed by atoms with Crippen LogP contribution in [0, 0.1) is 0 Å². The van der Waals surface area contributed by atoms with Crippen LogP contribution in [0.15, 0.2) is 35.5 Å². The number of halogens is 1. The van der Waals surface area contributed by atoms with E-state index < -0.39 is 30.6 Å². The molecule has 0 heterocycles. The number of allylic oxidation sites excluding steroid dienone is 4. The zero-order valence-electron chi connectivity index (χ0n) is 16.2. The van der Waals surface area contributed by atoms with Gasteiger partial charge in [-0.25, -0.2) is 0 Å². The van der Waals surface area contributed by atoms with Crippen molar-refractivity contribution in [3.8, 4) is 5.75 Å². The van der Waals surface area contributed by atoms with Crippen LogP contribution < -0.4 is 4.90 Å². The van der Waals surface area contributed by atoms with Gasteiger partial charge in [-0.05, 0) is 31.9 Å². The summed E-state index contributed by atoms with van der Waals surface area (Å²) in [6.07, 6.45) is 5.55. The van der Waals surface area contributed by atoms with Gasteiger partial charge in [-0.2, -0.15) is 0 Å². The molecule has 0 radical (unpaired) electrons. The Balaban J connectivity index is 0.000000705. The minimum absolute atomic E-state index is 0.394. The average Bonchev–Trinajstić information content (AvgIpc) is 3.07. The molecule has 3 nitrogen and oxygen atoms in total. The Morgan fingerprint density at radius 2 is 1.84 bits per heavy atom. The molecule has 0 spiro atoms. The number of phenolic OH excluding ortho intramolecular Hbond substituents is 1. The van der Waals surface area contributed by atoms with Gasteiger partial charge in [0.2, 0.25) is 0 Å². The molecular formula is C19H30ClNO2SiZr. The molecule has 0 amide bonds. The van der Waals surface area contributed by atoms with E-state index in [-0.39, 0.29) is 0 Å². The molecule has 0 fully saturated rings. The van der Waals surface area contributed by atoms with Crippen LogP contribution >= 0.6 is 8.51 Å². The van der Waals surface area contributed by atoms with Crippen LogP contribution in [0.1, 0.15) is 25.8 Å². The molecule has 1 aliphatic rings. The Morgan fingerprint density at radius 3 is 2.32 bits per heavy atom. The summed E-state index contributed by atoms with van der Waals surface area (Å²) in [6, 6.07) is 5.93. The molecule has 0 bridgehead atoms. The van der Waals surface area contributed by atoms with Crippen LogP contribution in [0.3, 0.4) is 0 Å². The second-order valence-corrected chi connectivity index (χ2v) is 14.2. The van der Waals surface area contributed by atoms with Crippen LogP contribution in [0.2, 0.25) is 19.6 Å². The summed E-state index contributed by atoms with van der Waals surface area (Å²) in [4.78, 5) is 2.25. The van der Waals surface area contributed by atoms with Crippen LogP contribution in [0.5, 0.6) is 5.75 Å². The first-order valence-electron chi connectivity index (χ1n) is 8.67. The van der Waals surface area contributed by atoms with Crippen LogP contribution in [-0.2, 0) is 25.3 Å². The maximum absolute atomic E-state index is 10.4. The monoisotopic (exact) mass is 457 g/mol. The summed E-state index contributed by atoms with van der Waals surface area (Å²) in [6.45, 7) is 13.3. The molecule has 1 aromatic carbocycles. The molecule has 0 saturated heterocycles. The summed E-state index contributed by atoms with van der Waals surface area (Å²) in [7, 11) is 5.39. The minimum atomic E-state index is -1.37. The van der Waals surface area contributed by atoms with Gasteiger partial charge in [-0.3, -0.25) is 0 Å². The number of phenols is 1. The van der Waals surface area contributed by atoms with Gasteiger partial charge in [0.05, 0.1) is 13.8 Å². The third-order valence-corrected chi connectivity index (χ3v) is 7.61. The summed E-state index contributed by atoms with van der Waals surface area (Å²) in [5.41, 5.74) is 3.62. The number of aromatic hydroxyl groups is 1. The Labute approximate surface area is 169 Å². The fraction of sp³-hybridized carbons (Fsp3) is 0.474. The first-order valence-corrected chi connectivity index (χ1v) is 16.3. The van der Waals surface area contributed by atoms with Gasteiger partial charge in [-0.1, -0.05) is 49.1 Å². The van der Waals surface area contributed by atoms with Gasteiger partial charge in [0.15, 0.2) is 0 Å². The van der Waals surface area contributed by atoms with E-state index in [4.69, 9.17) is 8.51 Å². The van der Waals surface area contributed by atoms with Crippen molar-refractivity contribution in [3.05, 3.63) is 41.1 Å². The quantitative estimate of drug-likeness (QED) is 0.562. The van der Waals surface area contributed by atoms with Crippen molar-refractivity contribution < 1.29 is 30.4 Å². The zero-order valence-corrected chi connectivity index (χ0v) is 20.4. The maximum atomic E-state index is 10.4. The number of para-hydroxylation sites is 1. The third-order valence-electron chi connectivity index (χ3n) is 4.24. The van der Waals surface area contributed by atoms with Crippen LogP contribution in [0.25, 0.3) is 5.57 Å². The fourth-order valence-electron chi connectivity index (χ4n) is 3.11. The Hall–Kier alpha value is -0.350. The van der Waals surface area contributed by atoms with E-state index in [2.05, 4.69) is 59.4 Å². The van der Waals surface area contributed by atoms with Crippen molar-refractivity contribution in [2.75, 3.05) is 25.1 Å². The molecule has 0 atom stereocenters. The van der Waals surface area contributed by atoms with Crippen LogP contribution in [0.4, 0.5) is 5.69 Å². The van der Waals surface area contributed by atoms with E-state index in [1.807, 2.05) is 6.07 Å². The van der Waals surface area contributed by atoms with Crippen molar-refractivity contribution in [1.82, 2.24) is 0 Å². The Kier molecular flexibility index (Phi) is 9.73. The van der Waals surface area contributed by atoms with Gasteiger partial charge < -0.3 is 10.0 Å². The van der Waals surface area contributed by atoms with E-state index in [1.165, 1.54) is 16.3 Å². The number of rotatable bonds is 6. The number of nitrogens with zero attached hydrogens (tertiary/aromatic N) is 1. The molecule has 1 aromatic rings. The SMILES string of the molecule is CCN(CC)c1c(O)cccc1C1=C([Si](C)(C)C)C=CC1.C[O][Zr][Cl]. The Morgan fingerprint density at radius 1 is 1.24 bits per heavy atom.